The van der Waals surface area contributed by atoms with E-state index in [1.807, 2.05) is 12.1 Å². The molecule has 1 aromatic rings. The summed E-state index contributed by atoms with van der Waals surface area (Å²) in [6.07, 6.45) is 5.60. The van der Waals surface area contributed by atoms with Crippen molar-refractivity contribution in [3.63, 3.8) is 0 Å². The van der Waals surface area contributed by atoms with E-state index in [4.69, 9.17) is 10.5 Å². The summed E-state index contributed by atoms with van der Waals surface area (Å²) >= 11 is 0. The summed E-state index contributed by atoms with van der Waals surface area (Å²) < 4.78 is 6.10. The zero-order valence-electron chi connectivity index (χ0n) is 14.9. The number of hydrogen-bond acceptors (Lipinski definition) is 4. The standard InChI is InChI=1S/C20H25N3O3/c1-12-6-9-17(19(24)22-12)23-11-13-10-14(7-8-15(13)20(23)25)26-18-5-3-2-4-16(18)21/h7-8,10,16-18H,1-6,9,11,21H2,(H,22,24)/t16-,17?,18+/m0/s1. The summed E-state index contributed by atoms with van der Waals surface area (Å²) in [5, 5.41) is 2.76. The molecule has 2 fully saturated rings. The molecule has 2 heterocycles. The van der Waals surface area contributed by atoms with Crippen LogP contribution in [0.4, 0.5) is 0 Å². The van der Waals surface area contributed by atoms with Gasteiger partial charge >= 0.3 is 0 Å². The molecule has 1 saturated heterocycles. The molecule has 3 N–H and O–H groups in total. The van der Waals surface area contributed by atoms with Crippen molar-refractivity contribution in [2.24, 2.45) is 5.73 Å². The van der Waals surface area contributed by atoms with Gasteiger partial charge in [-0.1, -0.05) is 13.0 Å². The fraction of sp³-hybridized carbons (Fsp3) is 0.500. The van der Waals surface area contributed by atoms with Crippen LogP contribution in [0.25, 0.3) is 0 Å². The minimum Gasteiger partial charge on any atom is -0.489 e. The minimum atomic E-state index is -0.434. The number of nitrogens with two attached hydrogens (primary N) is 1. The lowest BCUT2D eigenvalue weighted by atomic mass is 9.93. The van der Waals surface area contributed by atoms with Gasteiger partial charge in [0, 0.05) is 23.8 Å². The van der Waals surface area contributed by atoms with E-state index in [2.05, 4.69) is 11.9 Å². The summed E-state index contributed by atoms with van der Waals surface area (Å²) in [4.78, 5) is 26.6. The largest absolute Gasteiger partial charge is 0.489 e. The molecule has 4 rings (SSSR count). The number of nitrogens with zero attached hydrogens (tertiary/aromatic N) is 1. The van der Waals surface area contributed by atoms with Gasteiger partial charge < -0.3 is 20.7 Å². The molecule has 1 aromatic carbocycles. The van der Waals surface area contributed by atoms with E-state index in [0.29, 0.717) is 24.9 Å². The maximum absolute atomic E-state index is 12.7. The monoisotopic (exact) mass is 355 g/mol. The van der Waals surface area contributed by atoms with Crippen LogP contribution in [0.5, 0.6) is 5.75 Å². The number of ether oxygens (including phenoxy) is 1. The van der Waals surface area contributed by atoms with Crippen molar-refractivity contribution in [2.45, 2.75) is 63.3 Å². The normalized spacial score (nSPS) is 28.7. The Hall–Kier alpha value is -2.34. The average Bonchev–Trinajstić information content (AvgIpc) is 2.93. The van der Waals surface area contributed by atoms with Gasteiger partial charge in [0.15, 0.2) is 0 Å². The van der Waals surface area contributed by atoms with E-state index in [9.17, 15) is 9.59 Å². The van der Waals surface area contributed by atoms with E-state index in [-0.39, 0.29) is 24.0 Å². The number of allylic oxidation sites excluding steroid dienone is 1. The topological polar surface area (TPSA) is 84.7 Å². The molecule has 0 spiro atoms. The highest BCUT2D eigenvalue weighted by atomic mass is 16.5. The smallest absolute Gasteiger partial charge is 0.255 e. The number of fused-ring (bicyclic) bond motifs is 1. The van der Waals surface area contributed by atoms with Gasteiger partial charge in [-0.3, -0.25) is 9.59 Å². The van der Waals surface area contributed by atoms with Gasteiger partial charge in [-0.25, -0.2) is 0 Å². The van der Waals surface area contributed by atoms with Gasteiger partial charge in [0.05, 0.1) is 0 Å². The number of carbonyl (C=O) groups excluding carboxylic acids is 2. The first-order chi connectivity index (χ1) is 12.5. The number of benzene rings is 1. The molecule has 6 nitrogen and oxygen atoms in total. The molecule has 138 valence electrons. The second kappa shape index (κ2) is 6.76. The molecule has 0 radical (unpaired) electrons. The predicted octanol–water partition coefficient (Wildman–Crippen LogP) is 2.08. The van der Waals surface area contributed by atoms with Gasteiger partial charge in [0.1, 0.15) is 17.9 Å². The Bertz CT molecular complexity index is 761. The molecular weight excluding hydrogens is 330 g/mol. The fourth-order valence-electron chi connectivity index (χ4n) is 4.15. The molecule has 3 atom stereocenters. The van der Waals surface area contributed by atoms with E-state index in [1.165, 1.54) is 0 Å². The summed E-state index contributed by atoms with van der Waals surface area (Å²) in [6, 6.07) is 5.20. The minimum absolute atomic E-state index is 0.0325. The Kier molecular flexibility index (Phi) is 4.44. The third-order valence-corrected chi connectivity index (χ3v) is 5.65. The summed E-state index contributed by atoms with van der Waals surface area (Å²) in [5.41, 5.74) is 8.45. The van der Waals surface area contributed by atoms with Gasteiger partial charge in [-0.2, -0.15) is 0 Å². The van der Waals surface area contributed by atoms with Crippen molar-refractivity contribution in [3.05, 3.63) is 41.6 Å². The first-order valence-electron chi connectivity index (χ1n) is 9.37. The molecular formula is C20H25N3O3. The number of hydrogen-bond donors (Lipinski definition) is 2. The van der Waals surface area contributed by atoms with Crippen molar-refractivity contribution in [1.82, 2.24) is 10.2 Å². The zero-order chi connectivity index (χ0) is 18.3. The molecule has 2 aliphatic heterocycles. The Morgan fingerprint density at radius 2 is 2.00 bits per heavy atom. The predicted molar refractivity (Wildman–Crippen MR) is 97.5 cm³/mol. The van der Waals surface area contributed by atoms with Gasteiger partial charge in [-0.15, -0.1) is 0 Å². The first-order valence-corrected chi connectivity index (χ1v) is 9.37. The summed E-state index contributed by atoms with van der Waals surface area (Å²) in [6.45, 7) is 4.23. The van der Waals surface area contributed by atoms with E-state index in [1.54, 1.807) is 11.0 Å². The number of amides is 2. The average molecular weight is 355 g/mol. The highest BCUT2D eigenvalue weighted by Crippen LogP contribution is 2.32. The van der Waals surface area contributed by atoms with Crippen molar-refractivity contribution >= 4 is 11.8 Å². The second-order valence-corrected chi connectivity index (χ2v) is 7.50. The van der Waals surface area contributed by atoms with Crippen LogP contribution in [0.1, 0.15) is 54.4 Å². The molecule has 6 heteroatoms. The summed E-state index contributed by atoms with van der Waals surface area (Å²) in [7, 11) is 0. The van der Waals surface area contributed by atoms with Crippen molar-refractivity contribution < 1.29 is 14.3 Å². The lowest BCUT2D eigenvalue weighted by molar-refractivity contribution is -0.126. The third-order valence-electron chi connectivity index (χ3n) is 5.65. The van der Waals surface area contributed by atoms with Crippen LogP contribution in [-0.4, -0.2) is 34.9 Å². The summed E-state index contributed by atoms with van der Waals surface area (Å²) in [5.74, 6) is 0.517. The van der Waals surface area contributed by atoms with E-state index in [0.717, 1.165) is 42.7 Å². The molecule has 1 unspecified atom stereocenters. The van der Waals surface area contributed by atoms with Gasteiger partial charge in [-0.05, 0) is 55.9 Å². The second-order valence-electron chi connectivity index (χ2n) is 7.50. The molecule has 0 aromatic heterocycles. The molecule has 0 bridgehead atoms. The Morgan fingerprint density at radius 1 is 1.19 bits per heavy atom. The lowest BCUT2D eigenvalue weighted by Crippen LogP contribution is -2.49. The van der Waals surface area contributed by atoms with E-state index < -0.39 is 6.04 Å². The fourth-order valence-corrected chi connectivity index (χ4v) is 4.15. The van der Waals surface area contributed by atoms with Crippen molar-refractivity contribution in [1.29, 1.82) is 0 Å². The molecule has 1 saturated carbocycles. The zero-order valence-corrected chi connectivity index (χ0v) is 14.9. The van der Waals surface area contributed by atoms with Crippen molar-refractivity contribution in [3.8, 4) is 5.75 Å². The van der Waals surface area contributed by atoms with Crippen LogP contribution in [0.2, 0.25) is 0 Å². The number of piperidine rings is 1. The van der Waals surface area contributed by atoms with Crippen molar-refractivity contribution in [2.75, 3.05) is 0 Å². The van der Waals surface area contributed by atoms with Crippen LogP contribution in [0.15, 0.2) is 30.5 Å². The Labute approximate surface area is 153 Å². The Morgan fingerprint density at radius 3 is 2.77 bits per heavy atom. The maximum Gasteiger partial charge on any atom is 0.255 e. The van der Waals surface area contributed by atoms with Gasteiger partial charge in [0.2, 0.25) is 5.91 Å². The third kappa shape index (κ3) is 3.09. The van der Waals surface area contributed by atoms with Crippen LogP contribution in [0.3, 0.4) is 0 Å². The highest BCUT2D eigenvalue weighted by molar-refractivity contribution is 6.01. The van der Waals surface area contributed by atoms with Crippen LogP contribution in [0, 0.1) is 0 Å². The Balaban J connectivity index is 1.49. The van der Waals surface area contributed by atoms with Crippen LogP contribution < -0.4 is 15.8 Å². The maximum atomic E-state index is 12.7. The quantitative estimate of drug-likeness (QED) is 0.869. The molecule has 3 aliphatic rings. The number of rotatable bonds is 3. The number of carbonyl (C=O) groups is 2. The molecule has 1 aliphatic carbocycles. The molecule has 26 heavy (non-hydrogen) atoms. The van der Waals surface area contributed by atoms with Gasteiger partial charge in [0.25, 0.3) is 5.91 Å². The molecule has 2 amide bonds. The van der Waals surface area contributed by atoms with Crippen LogP contribution >= 0.6 is 0 Å². The highest BCUT2D eigenvalue weighted by Gasteiger charge is 2.38. The van der Waals surface area contributed by atoms with E-state index >= 15 is 0 Å². The first kappa shape index (κ1) is 17.1. The SMILES string of the molecule is C=C1CCC(N2Cc3cc(O[C@@H]4CCCC[C@@H]4N)ccc3C2=O)C(=O)N1. The van der Waals surface area contributed by atoms with Crippen LogP contribution in [-0.2, 0) is 11.3 Å². The lowest BCUT2D eigenvalue weighted by Gasteiger charge is -2.30. The number of nitrogens with one attached hydrogen (secondary N) is 1.